The van der Waals surface area contributed by atoms with Crippen molar-refractivity contribution in [3.05, 3.63) is 59.9 Å². The van der Waals surface area contributed by atoms with Crippen molar-refractivity contribution in [2.45, 2.75) is 26.2 Å². The molecule has 18 heavy (non-hydrogen) atoms. The third kappa shape index (κ3) is 3.88. The Hall–Kier alpha value is -1.83. The minimum atomic E-state index is 0.721. The molecule has 0 aliphatic carbocycles. The van der Waals surface area contributed by atoms with Crippen LogP contribution >= 0.6 is 0 Å². The average molecular weight is 241 g/mol. The van der Waals surface area contributed by atoms with Crippen LogP contribution in [0.5, 0.6) is 5.75 Å². The Bertz CT molecular complexity index is 468. The maximum Gasteiger partial charge on any atom is 0.119 e. The van der Waals surface area contributed by atoms with E-state index < -0.39 is 0 Å². The van der Waals surface area contributed by atoms with Gasteiger partial charge in [-0.3, -0.25) is 4.98 Å². The van der Waals surface area contributed by atoms with Crippen LogP contribution in [0, 0.1) is 0 Å². The van der Waals surface area contributed by atoms with E-state index in [-0.39, 0.29) is 0 Å². The molecule has 1 aromatic heterocycles. The first-order valence-corrected chi connectivity index (χ1v) is 6.49. The van der Waals surface area contributed by atoms with Gasteiger partial charge in [-0.25, -0.2) is 0 Å². The molecule has 0 unspecified atom stereocenters. The number of ether oxygens (including phenoxy) is 1. The Morgan fingerprint density at radius 1 is 1.06 bits per heavy atom. The molecule has 2 nitrogen and oxygen atoms in total. The van der Waals surface area contributed by atoms with Gasteiger partial charge in [-0.1, -0.05) is 18.2 Å². The van der Waals surface area contributed by atoms with Crippen molar-refractivity contribution >= 4 is 0 Å². The summed E-state index contributed by atoms with van der Waals surface area (Å²) in [5.74, 6) is 0.969. The van der Waals surface area contributed by atoms with E-state index >= 15 is 0 Å². The SMILES string of the molecule is CCOc1cccc(CCCc2cccnc2)c1. The predicted octanol–water partition coefficient (Wildman–Crippen LogP) is 3.66. The second-order valence-electron chi connectivity index (χ2n) is 4.30. The number of aromatic nitrogens is 1. The number of hydrogen-bond donors (Lipinski definition) is 0. The smallest absolute Gasteiger partial charge is 0.119 e. The molecule has 0 radical (unpaired) electrons. The third-order valence-electron chi connectivity index (χ3n) is 2.86. The number of benzene rings is 1. The van der Waals surface area contributed by atoms with Crippen LogP contribution in [-0.4, -0.2) is 11.6 Å². The quantitative estimate of drug-likeness (QED) is 0.770. The first kappa shape index (κ1) is 12.6. The number of rotatable bonds is 6. The van der Waals surface area contributed by atoms with E-state index in [0.717, 1.165) is 31.6 Å². The minimum Gasteiger partial charge on any atom is -0.494 e. The zero-order valence-corrected chi connectivity index (χ0v) is 10.8. The fraction of sp³-hybridized carbons (Fsp3) is 0.312. The Kier molecular flexibility index (Phi) is 4.77. The van der Waals surface area contributed by atoms with Gasteiger partial charge in [0, 0.05) is 12.4 Å². The molecule has 0 aliphatic rings. The number of pyridine rings is 1. The number of hydrogen-bond acceptors (Lipinski definition) is 2. The number of nitrogens with zero attached hydrogens (tertiary/aromatic N) is 1. The summed E-state index contributed by atoms with van der Waals surface area (Å²) < 4.78 is 5.50. The molecular formula is C16H19NO. The lowest BCUT2D eigenvalue weighted by atomic mass is 10.1. The molecule has 0 N–H and O–H groups in total. The van der Waals surface area contributed by atoms with Crippen LogP contribution in [0.3, 0.4) is 0 Å². The van der Waals surface area contributed by atoms with Crippen LogP contribution < -0.4 is 4.74 Å². The molecule has 0 aliphatic heterocycles. The van der Waals surface area contributed by atoms with Crippen LogP contribution in [-0.2, 0) is 12.8 Å². The average Bonchev–Trinajstić information content (AvgIpc) is 2.41. The molecule has 1 aromatic carbocycles. The molecule has 0 saturated carbocycles. The van der Waals surface area contributed by atoms with Crippen LogP contribution in [0.2, 0.25) is 0 Å². The predicted molar refractivity (Wildman–Crippen MR) is 73.9 cm³/mol. The largest absolute Gasteiger partial charge is 0.494 e. The van der Waals surface area contributed by atoms with E-state index in [1.807, 2.05) is 31.5 Å². The fourth-order valence-electron chi connectivity index (χ4n) is 2.00. The molecule has 0 bridgehead atoms. The van der Waals surface area contributed by atoms with Crippen molar-refractivity contribution < 1.29 is 4.74 Å². The molecule has 1 heterocycles. The summed E-state index contributed by atoms with van der Waals surface area (Å²) in [6.45, 7) is 2.73. The minimum absolute atomic E-state index is 0.721. The van der Waals surface area contributed by atoms with Crippen LogP contribution in [0.25, 0.3) is 0 Å². The van der Waals surface area contributed by atoms with E-state index in [2.05, 4.69) is 29.2 Å². The fourth-order valence-corrected chi connectivity index (χ4v) is 2.00. The Morgan fingerprint density at radius 3 is 2.67 bits per heavy atom. The summed E-state index contributed by atoms with van der Waals surface area (Å²) in [7, 11) is 0. The highest BCUT2D eigenvalue weighted by atomic mass is 16.5. The van der Waals surface area contributed by atoms with Gasteiger partial charge in [0.05, 0.1) is 6.61 Å². The zero-order valence-electron chi connectivity index (χ0n) is 10.8. The first-order valence-electron chi connectivity index (χ1n) is 6.49. The van der Waals surface area contributed by atoms with E-state index in [1.54, 1.807) is 0 Å². The lowest BCUT2D eigenvalue weighted by Crippen LogP contribution is -1.94. The molecule has 0 amide bonds. The van der Waals surface area contributed by atoms with Gasteiger partial charge in [0.2, 0.25) is 0 Å². The van der Waals surface area contributed by atoms with Gasteiger partial charge >= 0.3 is 0 Å². The van der Waals surface area contributed by atoms with Gasteiger partial charge in [-0.05, 0) is 55.5 Å². The molecular weight excluding hydrogens is 222 g/mol. The highest BCUT2D eigenvalue weighted by molar-refractivity contribution is 5.28. The molecule has 94 valence electrons. The van der Waals surface area contributed by atoms with E-state index in [4.69, 9.17) is 4.74 Å². The van der Waals surface area contributed by atoms with Crippen LogP contribution in [0.15, 0.2) is 48.8 Å². The monoisotopic (exact) mass is 241 g/mol. The maximum atomic E-state index is 5.50. The molecule has 0 saturated heterocycles. The maximum absolute atomic E-state index is 5.50. The zero-order chi connectivity index (χ0) is 12.6. The van der Waals surface area contributed by atoms with Crippen molar-refractivity contribution in [2.24, 2.45) is 0 Å². The second kappa shape index (κ2) is 6.80. The highest BCUT2D eigenvalue weighted by Gasteiger charge is 1.98. The van der Waals surface area contributed by atoms with Gasteiger partial charge < -0.3 is 4.74 Å². The summed E-state index contributed by atoms with van der Waals surface area (Å²) in [6.07, 6.45) is 7.05. The molecule has 2 aromatic rings. The topological polar surface area (TPSA) is 22.1 Å². The standard InChI is InChI=1S/C16H19NO/c1-2-18-16-10-4-7-14(12-16)6-3-8-15-9-5-11-17-13-15/h4-5,7,9-13H,2-3,6,8H2,1H3. The molecule has 2 heteroatoms. The van der Waals surface area contributed by atoms with E-state index in [1.165, 1.54) is 11.1 Å². The molecule has 2 rings (SSSR count). The number of aryl methyl sites for hydroxylation is 2. The van der Waals surface area contributed by atoms with Crippen molar-refractivity contribution in [1.29, 1.82) is 0 Å². The first-order chi connectivity index (χ1) is 8.88. The Labute approximate surface area is 109 Å². The van der Waals surface area contributed by atoms with Crippen LogP contribution in [0.1, 0.15) is 24.5 Å². The van der Waals surface area contributed by atoms with Gasteiger partial charge in [-0.15, -0.1) is 0 Å². The Balaban J connectivity index is 1.84. The van der Waals surface area contributed by atoms with E-state index in [0.29, 0.717) is 0 Å². The van der Waals surface area contributed by atoms with Crippen molar-refractivity contribution in [3.63, 3.8) is 0 Å². The molecule has 0 spiro atoms. The highest BCUT2D eigenvalue weighted by Crippen LogP contribution is 2.15. The van der Waals surface area contributed by atoms with Crippen molar-refractivity contribution in [1.82, 2.24) is 4.98 Å². The summed E-state index contributed by atoms with van der Waals surface area (Å²) in [5, 5.41) is 0. The van der Waals surface area contributed by atoms with Gasteiger partial charge in [-0.2, -0.15) is 0 Å². The van der Waals surface area contributed by atoms with Crippen LogP contribution in [0.4, 0.5) is 0 Å². The Morgan fingerprint density at radius 2 is 1.89 bits per heavy atom. The molecule has 0 atom stereocenters. The lowest BCUT2D eigenvalue weighted by Gasteiger charge is -2.06. The summed E-state index contributed by atoms with van der Waals surface area (Å²) >= 11 is 0. The second-order valence-corrected chi connectivity index (χ2v) is 4.30. The van der Waals surface area contributed by atoms with Gasteiger partial charge in [0.1, 0.15) is 5.75 Å². The van der Waals surface area contributed by atoms with Gasteiger partial charge in [0.15, 0.2) is 0 Å². The van der Waals surface area contributed by atoms with Gasteiger partial charge in [0.25, 0.3) is 0 Å². The third-order valence-corrected chi connectivity index (χ3v) is 2.86. The summed E-state index contributed by atoms with van der Waals surface area (Å²) in [4.78, 5) is 4.13. The summed E-state index contributed by atoms with van der Waals surface area (Å²) in [6, 6.07) is 12.5. The normalized spacial score (nSPS) is 10.3. The summed E-state index contributed by atoms with van der Waals surface area (Å²) in [5.41, 5.74) is 2.64. The van der Waals surface area contributed by atoms with Crippen molar-refractivity contribution in [3.8, 4) is 5.75 Å². The lowest BCUT2D eigenvalue weighted by molar-refractivity contribution is 0.340. The van der Waals surface area contributed by atoms with E-state index in [9.17, 15) is 0 Å². The molecule has 0 fully saturated rings. The van der Waals surface area contributed by atoms with Crippen molar-refractivity contribution in [2.75, 3.05) is 6.61 Å².